The smallest absolute Gasteiger partial charge is 0.227 e. The number of hydrogen-bond acceptors (Lipinski definition) is 4. The van der Waals surface area contributed by atoms with Crippen LogP contribution >= 0.6 is 0 Å². The third-order valence-electron chi connectivity index (χ3n) is 5.65. The van der Waals surface area contributed by atoms with Gasteiger partial charge in [-0.3, -0.25) is 14.4 Å². The summed E-state index contributed by atoms with van der Waals surface area (Å²) in [6, 6.07) is 20.5. The normalized spacial score (nSPS) is 14.0. The molecule has 0 aromatic heterocycles. The quantitative estimate of drug-likeness (QED) is 0.611. The highest BCUT2D eigenvalue weighted by atomic mass is 16.2. The van der Waals surface area contributed by atoms with E-state index in [9.17, 15) is 14.4 Å². The van der Waals surface area contributed by atoms with Gasteiger partial charge in [0.1, 0.15) is 0 Å². The van der Waals surface area contributed by atoms with Gasteiger partial charge in [-0.1, -0.05) is 48.5 Å². The SMILES string of the molecule is N#CCCN(C(=O)CCC(=O)N1CCC(C(=O)c2ccccc2)CC1)c1ccccc1. The summed E-state index contributed by atoms with van der Waals surface area (Å²) in [7, 11) is 0. The highest BCUT2D eigenvalue weighted by Crippen LogP contribution is 2.23. The van der Waals surface area contributed by atoms with Gasteiger partial charge in [-0.2, -0.15) is 5.26 Å². The van der Waals surface area contributed by atoms with E-state index in [0.29, 0.717) is 32.5 Å². The molecule has 0 bridgehead atoms. The fourth-order valence-electron chi connectivity index (χ4n) is 3.90. The van der Waals surface area contributed by atoms with Crippen molar-refractivity contribution in [1.82, 2.24) is 4.90 Å². The van der Waals surface area contributed by atoms with Crippen molar-refractivity contribution < 1.29 is 14.4 Å². The minimum absolute atomic E-state index is 0.0624. The van der Waals surface area contributed by atoms with E-state index in [4.69, 9.17) is 5.26 Å². The summed E-state index contributed by atoms with van der Waals surface area (Å²) in [6.45, 7) is 1.38. The van der Waals surface area contributed by atoms with E-state index < -0.39 is 0 Å². The van der Waals surface area contributed by atoms with Gasteiger partial charge in [0.15, 0.2) is 5.78 Å². The average molecular weight is 418 g/mol. The second-order valence-electron chi connectivity index (χ2n) is 7.67. The third kappa shape index (κ3) is 6.02. The van der Waals surface area contributed by atoms with E-state index in [1.54, 1.807) is 9.80 Å². The lowest BCUT2D eigenvalue weighted by molar-refractivity contribution is -0.134. The number of nitriles is 1. The van der Waals surface area contributed by atoms with E-state index in [1.807, 2.05) is 60.7 Å². The Hall–Kier alpha value is -3.46. The number of rotatable bonds is 8. The van der Waals surface area contributed by atoms with Crippen LogP contribution in [0.5, 0.6) is 0 Å². The van der Waals surface area contributed by atoms with E-state index in [-0.39, 0.29) is 42.8 Å². The molecule has 0 radical (unpaired) electrons. The average Bonchev–Trinajstić information content (AvgIpc) is 2.83. The summed E-state index contributed by atoms with van der Waals surface area (Å²) >= 11 is 0. The number of ketones is 1. The van der Waals surface area contributed by atoms with E-state index >= 15 is 0 Å². The Bertz CT molecular complexity index is 929. The molecule has 0 saturated carbocycles. The molecule has 160 valence electrons. The zero-order valence-electron chi connectivity index (χ0n) is 17.6. The number of carbonyl (C=O) groups is 3. The number of hydrogen-bond donors (Lipinski definition) is 0. The van der Waals surface area contributed by atoms with Gasteiger partial charge in [0, 0.05) is 49.6 Å². The molecule has 1 saturated heterocycles. The van der Waals surface area contributed by atoms with E-state index in [2.05, 4.69) is 6.07 Å². The molecule has 1 aliphatic heterocycles. The minimum atomic E-state index is -0.163. The second kappa shape index (κ2) is 11.1. The molecule has 6 nitrogen and oxygen atoms in total. The zero-order chi connectivity index (χ0) is 22.1. The summed E-state index contributed by atoms with van der Waals surface area (Å²) in [5, 5.41) is 8.89. The molecular weight excluding hydrogens is 390 g/mol. The van der Waals surface area contributed by atoms with E-state index in [0.717, 1.165) is 11.3 Å². The Morgan fingerprint density at radius 3 is 2.16 bits per heavy atom. The van der Waals surface area contributed by atoms with Crippen LogP contribution in [-0.4, -0.2) is 42.1 Å². The molecule has 0 N–H and O–H groups in total. The number of nitrogens with zero attached hydrogens (tertiary/aromatic N) is 3. The molecule has 0 aliphatic carbocycles. The van der Waals surface area contributed by atoms with Crippen LogP contribution in [0.1, 0.15) is 42.5 Å². The predicted molar refractivity (Wildman–Crippen MR) is 118 cm³/mol. The van der Waals surface area contributed by atoms with Gasteiger partial charge in [-0.05, 0) is 25.0 Å². The highest BCUT2D eigenvalue weighted by molar-refractivity contribution is 5.98. The molecule has 1 aliphatic rings. The maximum atomic E-state index is 12.7. The minimum Gasteiger partial charge on any atom is -0.343 e. The molecule has 2 aromatic carbocycles. The molecule has 0 unspecified atom stereocenters. The summed E-state index contributed by atoms with van der Waals surface area (Å²) in [6.07, 6.45) is 1.75. The lowest BCUT2D eigenvalue weighted by Gasteiger charge is -2.31. The van der Waals surface area contributed by atoms with Crippen LogP contribution in [0.15, 0.2) is 60.7 Å². The Morgan fingerprint density at radius 2 is 1.55 bits per heavy atom. The first-order valence-electron chi connectivity index (χ1n) is 10.7. The Balaban J connectivity index is 1.50. The number of piperidine rings is 1. The van der Waals surface area contributed by atoms with Crippen molar-refractivity contribution >= 4 is 23.3 Å². The van der Waals surface area contributed by atoms with Crippen molar-refractivity contribution in [3.05, 3.63) is 66.2 Å². The van der Waals surface area contributed by atoms with Crippen molar-refractivity contribution in [2.24, 2.45) is 5.92 Å². The van der Waals surface area contributed by atoms with Crippen LogP contribution in [0.3, 0.4) is 0 Å². The molecule has 1 fully saturated rings. The van der Waals surface area contributed by atoms with E-state index in [1.165, 1.54) is 0 Å². The molecule has 6 heteroatoms. The number of likely N-dealkylation sites (tertiary alicyclic amines) is 1. The summed E-state index contributed by atoms with van der Waals surface area (Å²) in [4.78, 5) is 41.3. The highest BCUT2D eigenvalue weighted by Gasteiger charge is 2.28. The summed E-state index contributed by atoms with van der Waals surface area (Å²) in [5.74, 6) is -0.150. The monoisotopic (exact) mass is 417 g/mol. The maximum Gasteiger partial charge on any atom is 0.227 e. The molecule has 1 heterocycles. The van der Waals surface area contributed by atoms with Crippen molar-refractivity contribution in [2.45, 2.75) is 32.1 Å². The first kappa shape index (κ1) is 22.2. The second-order valence-corrected chi connectivity index (χ2v) is 7.67. The van der Waals surface area contributed by atoms with Gasteiger partial charge in [-0.25, -0.2) is 0 Å². The van der Waals surface area contributed by atoms with Crippen molar-refractivity contribution in [3.63, 3.8) is 0 Å². The number of anilines is 1. The van der Waals surface area contributed by atoms with Crippen LogP contribution in [0.25, 0.3) is 0 Å². The number of carbonyl (C=O) groups excluding carboxylic acids is 3. The first-order valence-corrected chi connectivity index (χ1v) is 10.7. The number of para-hydroxylation sites is 1. The number of amides is 2. The van der Waals surface area contributed by atoms with Crippen LogP contribution < -0.4 is 4.90 Å². The molecule has 2 amide bonds. The van der Waals surface area contributed by atoms with Crippen LogP contribution in [0.4, 0.5) is 5.69 Å². The van der Waals surface area contributed by atoms with Gasteiger partial charge in [0.25, 0.3) is 0 Å². The Kier molecular flexibility index (Phi) is 7.94. The number of benzene rings is 2. The lowest BCUT2D eigenvalue weighted by Crippen LogP contribution is -2.41. The maximum absolute atomic E-state index is 12.7. The fraction of sp³-hybridized carbons (Fsp3) is 0.360. The Morgan fingerprint density at radius 1 is 0.935 bits per heavy atom. The van der Waals surface area contributed by atoms with Crippen molar-refractivity contribution in [1.29, 1.82) is 5.26 Å². The van der Waals surface area contributed by atoms with Gasteiger partial charge in [0.05, 0.1) is 12.5 Å². The van der Waals surface area contributed by atoms with Gasteiger partial charge < -0.3 is 9.80 Å². The molecule has 0 spiro atoms. The molecular formula is C25H27N3O3. The van der Waals surface area contributed by atoms with Crippen LogP contribution in [0, 0.1) is 17.2 Å². The van der Waals surface area contributed by atoms with Gasteiger partial charge in [-0.15, -0.1) is 0 Å². The molecule has 31 heavy (non-hydrogen) atoms. The van der Waals surface area contributed by atoms with Gasteiger partial charge >= 0.3 is 0 Å². The fourth-order valence-corrected chi connectivity index (χ4v) is 3.90. The number of Topliss-reactive ketones (excluding diaryl/α,β-unsaturated/α-hetero) is 1. The molecule has 3 rings (SSSR count). The summed E-state index contributed by atoms with van der Waals surface area (Å²) < 4.78 is 0. The largest absolute Gasteiger partial charge is 0.343 e. The zero-order valence-corrected chi connectivity index (χ0v) is 17.6. The Labute approximate surface area is 183 Å². The third-order valence-corrected chi connectivity index (χ3v) is 5.65. The first-order chi connectivity index (χ1) is 15.1. The van der Waals surface area contributed by atoms with Crippen LogP contribution in [-0.2, 0) is 9.59 Å². The lowest BCUT2D eigenvalue weighted by atomic mass is 9.89. The topological polar surface area (TPSA) is 81.5 Å². The van der Waals surface area contributed by atoms with Crippen LogP contribution in [0.2, 0.25) is 0 Å². The summed E-state index contributed by atoms with van der Waals surface area (Å²) in [5.41, 5.74) is 1.45. The standard InChI is InChI=1S/C25H27N3O3/c26-16-7-17-28(22-10-5-2-6-11-22)24(30)13-12-23(29)27-18-14-21(15-19-27)25(31)20-8-3-1-4-9-20/h1-6,8-11,21H,7,12-15,17-19H2. The molecule has 0 atom stereocenters. The van der Waals surface area contributed by atoms with Gasteiger partial charge in [0.2, 0.25) is 11.8 Å². The predicted octanol–water partition coefficient (Wildman–Crippen LogP) is 3.83. The van der Waals surface area contributed by atoms with Crippen molar-refractivity contribution in [2.75, 3.05) is 24.5 Å². The molecule has 2 aromatic rings. The van der Waals surface area contributed by atoms with Crippen molar-refractivity contribution in [3.8, 4) is 6.07 Å².